The third-order valence-electron chi connectivity index (χ3n) is 4.85. The number of likely N-dealkylation sites (tertiary alicyclic amines) is 1. The number of ketones is 1. The van der Waals surface area contributed by atoms with Gasteiger partial charge in [0.15, 0.2) is 5.78 Å². The molecule has 0 saturated carbocycles. The van der Waals surface area contributed by atoms with Crippen LogP contribution in [-0.2, 0) is 6.42 Å². The Bertz CT molecular complexity index is 631. The van der Waals surface area contributed by atoms with Gasteiger partial charge in [0.1, 0.15) is 0 Å². The third kappa shape index (κ3) is 4.93. The number of Topliss-reactive ketones (excluding diaryl/α,β-unsaturated/α-hetero) is 1. The number of aryl methyl sites for hydroxylation is 1. The highest BCUT2D eigenvalue weighted by atomic mass is 35.5. The summed E-state index contributed by atoms with van der Waals surface area (Å²) in [5.41, 5.74) is 3.47. The van der Waals surface area contributed by atoms with E-state index < -0.39 is 0 Å². The quantitative estimate of drug-likeness (QED) is 0.742. The van der Waals surface area contributed by atoms with Crippen LogP contribution in [0.25, 0.3) is 0 Å². The van der Waals surface area contributed by atoms with E-state index >= 15 is 0 Å². The van der Waals surface area contributed by atoms with Gasteiger partial charge in [0.05, 0.1) is 0 Å². The molecular formula is C21H26ClNO. The molecule has 0 aliphatic carbocycles. The summed E-state index contributed by atoms with van der Waals surface area (Å²) in [5, 5.41) is 0. The van der Waals surface area contributed by atoms with E-state index in [0.29, 0.717) is 5.78 Å². The number of rotatable bonds is 5. The van der Waals surface area contributed by atoms with Gasteiger partial charge in [0.25, 0.3) is 0 Å². The lowest BCUT2D eigenvalue weighted by Crippen LogP contribution is -2.37. The first-order chi connectivity index (χ1) is 11.2. The highest BCUT2D eigenvalue weighted by molar-refractivity contribution is 5.97. The summed E-state index contributed by atoms with van der Waals surface area (Å²) < 4.78 is 0. The second-order valence-corrected chi connectivity index (χ2v) is 6.58. The molecule has 1 aliphatic rings. The van der Waals surface area contributed by atoms with Crippen molar-refractivity contribution in [2.75, 3.05) is 19.6 Å². The lowest BCUT2D eigenvalue weighted by Gasteiger charge is -2.31. The molecule has 0 aromatic heterocycles. The molecule has 2 aromatic carbocycles. The minimum absolute atomic E-state index is 0. The average Bonchev–Trinajstić information content (AvgIpc) is 2.61. The fraction of sp³-hybridized carbons (Fsp3) is 0.381. The highest BCUT2D eigenvalue weighted by Gasteiger charge is 2.25. The van der Waals surface area contributed by atoms with Gasteiger partial charge in [-0.2, -0.15) is 0 Å². The molecule has 0 unspecified atom stereocenters. The lowest BCUT2D eigenvalue weighted by molar-refractivity contribution is 0.0841. The fourth-order valence-electron chi connectivity index (χ4n) is 3.30. The first-order valence-electron chi connectivity index (χ1n) is 8.59. The van der Waals surface area contributed by atoms with Crippen LogP contribution in [0.15, 0.2) is 54.6 Å². The van der Waals surface area contributed by atoms with Gasteiger partial charge in [-0.1, -0.05) is 60.2 Å². The van der Waals surface area contributed by atoms with Gasteiger partial charge < -0.3 is 4.90 Å². The van der Waals surface area contributed by atoms with Crippen molar-refractivity contribution in [3.8, 4) is 0 Å². The number of carbonyl (C=O) groups is 1. The van der Waals surface area contributed by atoms with Crippen molar-refractivity contribution in [1.29, 1.82) is 0 Å². The number of benzene rings is 2. The number of nitrogens with zero attached hydrogens (tertiary/aromatic N) is 1. The van der Waals surface area contributed by atoms with Gasteiger partial charge in [-0.05, 0) is 44.8 Å². The van der Waals surface area contributed by atoms with Gasteiger partial charge in [-0.15, -0.1) is 12.4 Å². The zero-order valence-electron chi connectivity index (χ0n) is 14.3. The van der Waals surface area contributed by atoms with Gasteiger partial charge in [0.2, 0.25) is 0 Å². The Morgan fingerprint density at radius 3 is 2.25 bits per heavy atom. The number of halogens is 1. The second-order valence-electron chi connectivity index (χ2n) is 6.58. The molecule has 0 radical (unpaired) electrons. The normalized spacial score (nSPS) is 15.7. The number of piperidine rings is 1. The Hall–Kier alpha value is -1.64. The van der Waals surface area contributed by atoms with E-state index in [9.17, 15) is 4.79 Å². The van der Waals surface area contributed by atoms with Crippen molar-refractivity contribution in [3.05, 3.63) is 71.3 Å². The van der Waals surface area contributed by atoms with Crippen LogP contribution in [0.3, 0.4) is 0 Å². The number of carbonyl (C=O) groups excluding carboxylic acids is 1. The van der Waals surface area contributed by atoms with Gasteiger partial charge >= 0.3 is 0 Å². The van der Waals surface area contributed by atoms with E-state index in [2.05, 4.69) is 42.2 Å². The van der Waals surface area contributed by atoms with Crippen molar-refractivity contribution in [1.82, 2.24) is 4.90 Å². The first kappa shape index (κ1) is 18.7. The Labute approximate surface area is 151 Å². The molecule has 0 spiro atoms. The smallest absolute Gasteiger partial charge is 0.166 e. The Balaban J connectivity index is 0.00000208. The van der Waals surface area contributed by atoms with E-state index in [0.717, 1.165) is 44.5 Å². The molecule has 24 heavy (non-hydrogen) atoms. The topological polar surface area (TPSA) is 20.3 Å². The maximum Gasteiger partial charge on any atom is 0.166 e. The third-order valence-corrected chi connectivity index (χ3v) is 4.85. The Morgan fingerprint density at radius 2 is 1.62 bits per heavy atom. The van der Waals surface area contributed by atoms with Crippen LogP contribution in [0.5, 0.6) is 0 Å². The zero-order chi connectivity index (χ0) is 16.1. The highest BCUT2D eigenvalue weighted by Crippen LogP contribution is 2.22. The predicted molar refractivity (Wildman–Crippen MR) is 102 cm³/mol. The summed E-state index contributed by atoms with van der Waals surface area (Å²) >= 11 is 0. The molecule has 3 rings (SSSR count). The molecule has 0 bridgehead atoms. The molecule has 0 atom stereocenters. The molecule has 128 valence electrons. The van der Waals surface area contributed by atoms with Crippen LogP contribution < -0.4 is 0 Å². The van der Waals surface area contributed by atoms with Gasteiger partial charge in [-0.25, -0.2) is 0 Å². The Kier molecular flexibility index (Phi) is 7.01. The molecular weight excluding hydrogens is 318 g/mol. The van der Waals surface area contributed by atoms with Gasteiger partial charge in [0, 0.05) is 18.0 Å². The summed E-state index contributed by atoms with van der Waals surface area (Å²) in [5.74, 6) is 0.526. The molecule has 0 amide bonds. The number of hydrogen-bond donors (Lipinski definition) is 0. The van der Waals surface area contributed by atoms with E-state index in [1.807, 2.05) is 24.3 Å². The largest absolute Gasteiger partial charge is 0.303 e. The molecule has 1 fully saturated rings. The summed E-state index contributed by atoms with van der Waals surface area (Å²) in [4.78, 5) is 15.1. The summed E-state index contributed by atoms with van der Waals surface area (Å²) in [6.07, 6.45) is 3.07. The van der Waals surface area contributed by atoms with Crippen molar-refractivity contribution in [2.45, 2.75) is 26.2 Å². The van der Waals surface area contributed by atoms with Gasteiger partial charge in [-0.3, -0.25) is 4.79 Å². The van der Waals surface area contributed by atoms with E-state index in [4.69, 9.17) is 0 Å². The molecule has 3 heteroatoms. The van der Waals surface area contributed by atoms with Crippen LogP contribution in [0.1, 0.15) is 34.3 Å². The molecule has 1 aliphatic heterocycles. The van der Waals surface area contributed by atoms with E-state index in [1.54, 1.807) is 0 Å². The molecule has 2 nitrogen and oxygen atoms in total. The molecule has 1 heterocycles. The first-order valence-corrected chi connectivity index (χ1v) is 8.59. The Morgan fingerprint density at radius 1 is 1.00 bits per heavy atom. The van der Waals surface area contributed by atoms with Crippen molar-refractivity contribution in [2.24, 2.45) is 5.92 Å². The van der Waals surface area contributed by atoms with Crippen LogP contribution in [0, 0.1) is 12.8 Å². The monoisotopic (exact) mass is 343 g/mol. The SMILES string of the molecule is Cc1ccc(C(=O)C2CCN(CCc3ccccc3)CC2)cc1.Cl. The summed E-state index contributed by atoms with van der Waals surface area (Å²) in [6, 6.07) is 18.6. The maximum absolute atomic E-state index is 12.6. The second kappa shape index (κ2) is 9.00. The standard InChI is InChI=1S/C21H25NO.ClH/c1-17-7-9-19(10-8-17)21(23)20-12-15-22(16-13-20)14-11-18-5-3-2-4-6-18;/h2-10,20H,11-16H2,1H3;1H. The minimum atomic E-state index is 0. The van der Waals surface area contributed by atoms with Crippen LogP contribution >= 0.6 is 12.4 Å². The van der Waals surface area contributed by atoms with Crippen molar-refractivity contribution >= 4 is 18.2 Å². The summed E-state index contributed by atoms with van der Waals surface area (Å²) in [6.45, 7) is 5.22. The molecule has 0 N–H and O–H groups in total. The van der Waals surface area contributed by atoms with Crippen molar-refractivity contribution in [3.63, 3.8) is 0 Å². The minimum Gasteiger partial charge on any atom is -0.303 e. The summed E-state index contributed by atoms with van der Waals surface area (Å²) in [7, 11) is 0. The van der Waals surface area contributed by atoms with Crippen LogP contribution in [-0.4, -0.2) is 30.3 Å². The fourth-order valence-corrected chi connectivity index (χ4v) is 3.30. The molecule has 1 saturated heterocycles. The predicted octanol–water partition coefficient (Wildman–Crippen LogP) is 4.55. The van der Waals surface area contributed by atoms with E-state index in [1.165, 1.54) is 11.1 Å². The lowest BCUT2D eigenvalue weighted by atomic mass is 9.88. The maximum atomic E-state index is 12.6. The van der Waals surface area contributed by atoms with E-state index in [-0.39, 0.29) is 18.3 Å². The molecule has 2 aromatic rings. The van der Waals surface area contributed by atoms with Crippen molar-refractivity contribution < 1.29 is 4.79 Å². The number of hydrogen-bond acceptors (Lipinski definition) is 2. The van der Waals surface area contributed by atoms with Crippen LogP contribution in [0.2, 0.25) is 0 Å². The zero-order valence-corrected chi connectivity index (χ0v) is 15.1. The van der Waals surface area contributed by atoms with Crippen LogP contribution in [0.4, 0.5) is 0 Å². The average molecular weight is 344 g/mol.